The number of rotatable bonds is 14. The van der Waals surface area contributed by atoms with Gasteiger partial charge in [-0.15, -0.1) is 13.2 Å². The number of ether oxygens (including phenoxy) is 2. The molecule has 1 aromatic rings. The molecule has 1 spiro atoms. The molecule has 4 unspecified atom stereocenters. The van der Waals surface area contributed by atoms with Crippen LogP contribution in [0.1, 0.15) is 40.0 Å². The van der Waals surface area contributed by atoms with Gasteiger partial charge in [0.05, 0.1) is 31.2 Å². The first-order chi connectivity index (χ1) is 19.7. The molecule has 10 heteroatoms. The molecule has 0 aliphatic carbocycles. The lowest BCUT2D eigenvalue weighted by atomic mass is 9.70. The molecule has 3 saturated heterocycles. The second kappa shape index (κ2) is 13.1. The number of aliphatic hydroxyl groups excluding tert-OH is 1. The van der Waals surface area contributed by atoms with E-state index in [0.717, 1.165) is 12.8 Å². The summed E-state index contributed by atoms with van der Waals surface area (Å²) in [5.74, 6) is -1.80. The fraction of sp³-hybridized carbons (Fsp3) is 0.581. The quantitative estimate of drug-likeness (QED) is 0.249. The Hall–Kier alpha value is -2.69. The molecule has 4 rings (SSSR count). The Morgan fingerprint density at radius 3 is 2.49 bits per heavy atom. The summed E-state index contributed by atoms with van der Waals surface area (Å²) in [6, 6.07) is 6.20. The molecular weight excluding hydrogens is 590 g/mol. The minimum Gasteiger partial charge on any atom is -0.494 e. The summed E-state index contributed by atoms with van der Waals surface area (Å²) in [5, 5.41) is 9.92. The van der Waals surface area contributed by atoms with Gasteiger partial charge in [-0.2, -0.15) is 0 Å². The molecule has 9 nitrogen and oxygen atoms in total. The van der Waals surface area contributed by atoms with Gasteiger partial charge in [0.2, 0.25) is 17.7 Å². The molecule has 7 atom stereocenters. The number of fused-ring (bicyclic) bond motifs is 1. The number of aliphatic hydroxyl groups is 1. The third kappa shape index (κ3) is 5.46. The SMILES string of the molecule is C=CCN(C(=O)[C@H]1[C@@H]2OC3(CC2Br)C(C(=O)N(CC=C)C(C)CCC)N(CCO)C(=O)[C@H]13)c1ccc(OCC)cc1. The maximum absolute atomic E-state index is 14.4. The molecule has 1 aromatic carbocycles. The van der Waals surface area contributed by atoms with Crippen LogP contribution in [0.15, 0.2) is 49.6 Å². The average Bonchev–Trinajstić information content (AvgIpc) is 3.54. The van der Waals surface area contributed by atoms with Crippen LogP contribution >= 0.6 is 15.9 Å². The van der Waals surface area contributed by atoms with Crippen LogP contribution in [-0.2, 0) is 19.1 Å². The van der Waals surface area contributed by atoms with Crippen LogP contribution in [0.3, 0.4) is 0 Å². The van der Waals surface area contributed by atoms with Crippen LogP contribution in [-0.4, -0.2) is 94.1 Å². The van der Waals surface area contributed by atoms with Crippen molar-refractivity contribution in [2.24, 2.45) is 11.8 Å². The van der Waals surface area contributed by atoms with Gasteiger partial charge in [0.15, 0.2) is 0 Å². The highest BCUT2D eigenvalue weighted by molar-refractivity contribution is 9.09. The number of amides is 3. The Labute approximate surface area is 251 Å². The number of hydrogen-bond donors (Lipinski definition) is 1. The van der Waals surface area contributed by atoms with E-state index in [2.05, 4.69) is 36.0 Å². The van der Waals surface area contributed by atoms with Crippen molar-refractivity contribution in [2.45, 2.75) is 68.6 Å². The highest BCUT2D eigenvalue weighted by Crippen LogP contribution is 2.60. The summed E-state index contributed by atoms with van der Waals surface area (Å²) in [4.78, 5) is 47.4. The topological polar surface area (TPSA) is 99.6 Å². The lowest BCUT2D eigenvalue weighted by molar-refractivity contribution is -0.149. The molecule has 3 aliphatic heterocycles. The zero-order valence-corrected chi connectivity index (χ0v) is 25.8. The molecule has 3 aliphatic rings. The smallest absolute Gasteiger partial charge is 0.248 e. The van der Waals surface area contributed by atoms with Gasteiger partial charge in [-0.1, -0.05) is 41.4 Å². The number of nitrogens with zero attached hydrogens (tertiary/aromatic N) is 3. The van der Waals surface area contributed by atoms with Crippen molar-refractivity contribution in [3.8, 4) is 5.75 Å². The number of anilines is 1. The van der Waals surface area contributed by atoms with E-state index in [1.807, 2.05) is 26.0 Å². The van der Waals surface area contributed by atoms with Crippen molar-refractivity contribution >= 4 is 39.3 Å². The number of likely N-dealkylation sites (tertiary alicyclic amines) is 1. The molecule has 0 radical (unpaired) electrons. The van der Waals surface area contributed by atoms with Gasteiger partial charge in [0.1, 0.15) is 17.4 Å². The van der Waals surface area contributed by atoms with Crippen LogP contribution in [0.2, 0.25) is 0 Å². The second-order valence-corrected chi connectivity index (χ2v) is 12.2. The molecule has 2 bridgehead atoms. The van der Waals surface area contributed by atoms with Gasteiger partial charge >= 0.3 is 0 Å². The van der Waals surface area contributed by atoms with Crippen molar-refractivity contribution in [3.63, 3.8) is 0 Å². The van der Waals surface area contributed by atoms with Gasteiger partial charge in [0, 0.05) is 36.2 Å². The van der Waals surface area contributed by atoms with Crippen LogP contribution in [0, 0.1) is 11.8 Å². The van der Waals surface area contributed by atoms with Gasteiger partial charge in [-0.25, -0.2) is 0 Å². The van der Waals surface area contributed by atoms with E-state index in [4.69, 9.17) is 9.47 Å². The normalized spacial score (nSPS) is 28.8. The van der Waals surface area contributed by atoms with Crippen molar-refractivity contribution in [3.05, 3.63) is 49.6 Å². The molecule has 3 amide bonds. The first-order valence-electron chi connectivity index (χ1n) is 14.5. The number of β-amino-alcohol motifs (C(OH)–C–C–N with tert-alkyl or cyclic N) is 1. The minimum atomic E-state index is -1.19. The molecule has 3 fully saturated rings. The van der Waals surface area contributed by atoms with E-state index in [1.54, 1.807) is 34.1 Å². The van der Waals surface area contributed by atoms with E-state index in [1.165, 1.54) is 4.90 Å². The van der Waals surface area contributed by atoms with Crippen LogP contribution < -0.4 is 9.64 Å². The molecule has 0 saturated carbocycles. The zero-order chi connectivity index (χ0) is 29.9. The van der Waals surface area contributed by atoms with E-state index >= 15 is 0 Å². The summed E-state index contributed by atoms with van der Waals surface area (Å²) in [6.07, 6.45) is 4.84. The standard InChI is InChI=1S/C31H42BrN3O6/c1-6-10-20(5)33(15-7-2)30(39)27-31-19-23(32)26(41-31)24(25(31)29(38)35(27)17-18-36)28(37)34(16-8-3)21-11-13-22(14-12-21)40-9-4/h7-8,11-14,20,23-27,36H,2-3,6,9-10,15-19H2,1,4-5H3/t20?,23?,24-,25+,26-,27?,31?/m1/s1. The monoisotopic (exact) mass is 631 g/mol. The summed E-state index contributed by atoms with van der Waals surface area (Å²) in [6.45, 7) is 14.4. The minimum absolute atomic E-state index is 0.0191. The number of halogens is 1. The van der Waals surface area contributed by atoms with E-state index in [-0.39, 0.29) is 48.3 Å². The average molecular weight is 633 g/mol. The lowest BCUT2D eigenvalue weighted by Crippen LogP contribution is -2.58. The highest BCUT2D eigenvalue weighted by atomic mass is 79.9. The van der Waals surface area contributed by atoms with E-state index in [9.17, 15) is 19.5 Å². The predicted octanol–water partition coefficient (Wildman–Crippen LogP) is 3.55. The Morgan fingerprint density at radius 2 is 1.90 bits per heavy atom. The first-order valence-corrected chi connectivity index (χ1v) is 15.4. The number of benzene rings is 1. The number of carbonyl (C=O) groups excluding carboxylic acids is 3. The molecule has 0 aromatic heterocycles. The Balaban J connectivity index is 1.74. The fourth-order valence-corrected chi connectivity index (χ4v) is 7.86. The Morgan fingerprint density at radius 1 is 1.22 bits per heavy atom. The summed E-state index contributed by atoms with van der Waals surface area (Å²) < 4.78 is 12.2. The van der Waals surface area contributed by atoms with E-state index < -0.39 is 29.6 Å². The summed E-state index contributed by atoms with van der Waals surface area (Å²) in [7, 11) is 0. The molecule has 224 valence electrons. The molecule has 41 heavy (non-hydrogen) atoms. The van der Waals surface area contributed by atoms with Crippen molar-refractivity contribution in [2.75, 3.05) is 37.7 Å². The third-order valence-electron chi connectivity index (χ3n) is 8.53. The largest absolute Gasteiger partial charge is 0.494 e. The van der Waals surface area contributed by atoms with Gasteiger partial charge in [-0.05, 0) is 51.0 Å². The lowest BCUT2D eigenvalue weighted by Gasteiger charge is -2.39. The van der Waals surface area contributed by atoms with Crippen molar-refractivity contribution in [1.82, 2.24) is 9.80 Å². The van der Waals surface area contributed by atoms with E-state index in [0.29, 0.717) is 31.0 Å². The Bertz CT molecular complexity index is 1150. The van der Waals surface area contributed by atoms with Gasteiger partial charge in [0.25, 0.3) is 0 Å². The molecular formula is C31H42BrN3O6. The second-order valence-electron chi connectivity index (χ2n) is 11.0. The fourth-order valence-electron chi connectivity index (χ4n) is 6.92. The number of alkyl halides is 1. The van der Waals surface area contributed by atoms with Crippen molar-refractivity contribution < 1.29 is 29.0 Å². The number of hydrogen-bond acceptors (Lipinski definition) is 6. The maximum atomic E-state index is 14.4. The van der Waals surface area contributed by atoms with Crippen LogP contribution in [0.5, 0.6) is 5.75 Å². The van der Waals surface area contributed by atoms with Crippen molar-refractivity contribution in [1.29, 1.82) is 0 Å². The molecule has 3 heterocycles. The predicted molar refractivity (Wildman–Crippen MR) is 161 cm³/mol. The zero-order valence-electron chi connectivity index (χ0n) is 24.2. The maximum Gasteiger partial charge on any atom is 0.248 e. The van der Waals surface area contributed by atoms with Crippen LogP contribution in [0.25, 0.3) is 0 Å². The van der Waals surface area contributed by atoms with Gasteiger partial charge < -0.3 is 29.3 Å². The third-order valence-corrected chi connectivity index (χ3v) is 9.38. The van der Waals surface area contributed by atoms with Gasteiger partial charge in [-0.3, -0.25) is 14.4 Å². The van der Waals surface area contributed by atoms with Crippen LogP contribution in [0.4, 0.5) is 5.69 Å². The number of carbonyl (C=O) groups is 3. The highest BCUT2D eigenvalue weighted by Gasteiger charge is 2.77. The summed E-state index contributed by atoms with van der Waals surface area (Å²) >= 11 is 3.73. The molecule has 1 N–H and O–H groups in total. The first kappa shape index (κ1) is 31.3. The summed E-state index contributed by atoms with van der Waals surface area (Å²) in [5.41, 5.74) is -0.538. The Kier molecular flexibility index (Phi) is 9.97.